The van der Waals surface area contributed by atoms with Gasteiger partial charge in [-0.25, -0.2) is 9.18 Å². The number of aromatic nitrogens is 3. The number of hydrogen-bond donors (Lipinski definition) is 1. The van der Waals surface area contributed by atoms with Crippen molar-refractivity contribution in [2.75, 3.05) is 13.7 Å². The number of para-hydroxylation sites is 1. The van der Waals surface area contributed by atoms with E-state index < -0.39 is 28.7 Å². The lowest BCUT2D eigenvalue weighted by Crippen LogP contribution is -2.46. The Kier molecular flexibility index (Phi) is 5.66. The maximum Gasteiger partial charge on any atom is 0.352 e. The molecule has 1 N–H and O–H groups in total. The van der Waals surface area contributed by atoms with Crippen molar-refractivity contribution >= 4 is 5.91 Å². The number of ether oxygens (including phenoxy) is 1. The van der Waals surface area contributed by atoms with Crippen LogP contribution in [0.1, 0.15) is 28.9 Å². The molecule has 2 aromatic carbocycles. The van der Waals surface area contributed by atoms with Gasteiger partial charge in [0, 0.05) is 6.54 Å². The van der Waals surface area contributed by atoms with Gasteiger partial charge in [-0.2, -0.15) is 9.78 Å². The third-order valence-electron chi connectivity index (χ3n) is 5.08. The first-order valence-electron chi connectivity index (χ1n) is 9.88. The van der Waals surface area contributed by atoms with Crippen molar-refractivity contribution in [1.82, 2.24) is 19.7 Å². The monoisotopic (exact) mass is 424 g/mol. The molecule has 0 aliphatic heterocycles. The van der Waals surface area contributed by atoms with E-state index in [0.29, 0.717) is 23.8 Å². The lowest BCUT2D eigenvalue weighted by atomic mass is 10.2. The van der Waals surface area contributed by atoms with Gasteiger partial charge in [0.1, 0.15) is 17.3 Å². The zero-order valence-electron chi connectivity index (χ0n) is 16.9. The summed E-state index contributed by atoms with van der Waals surface area (Å²) in [6.07, 6.45) is 2.03. The largest absolute Gasteiger partial charge is 0.497 e. The topological polar surface area (TPSA) is 95.2 Å². The first-order valence-corrected chi connectivity index (χ1v) is 9.88. The highest BCUT2D eigenvalue weighted by molar-refractivity contribution is 5.91. The van der Waals surface area contributed by atoms with Crippen LogP contribution in [0.25, 0.3) is 5.69 Å². The van der Waals surface area contributed by atoms with Crippen molar-refractivity contribution in [3.8, 4) is 11.4 Å². The molecule has 0 atom stereocenters. The summed E-state index contributed by atoms with van der Waals surface area (Å²) in [6, 6.07) is 12.4. The second-order valence-corrected chi connectivity index (χ2v) is 7.39. The molecule has 0 bridgehead atoms. The maximum atomic E-state index is 14.4. The maximum absolute atomic E-state index is 14.4. The fraction of sp³-hybridized carbons (Fsp3) is 0.273. The smallest absolute Gasteiger partial charge is 0.352 e. The van der Waals surface area contributed by atoms with E-state index in [0.717, 1.165) is 22.1 Å². The number of hydrogen-bond acceptors (Lipinski definition) is 5. The predicted molar refractivity (Wildman–Crippen MR) is 111 cm³/mol. The van der Waals surface area contributed by atoms with Crippen molar-refractivity contribution in [3.05, 3.63) is 86.4 Å². The molecule has 31 heavy (non-hydrogen) atoms. The van der Waals surface area contributed by atoms with Crippen molar-refractivity contribution in [1.29, 1.82) is 0 Å². The van der Waals surface area contributed by atoms with Gasteiger partial charge in [-0.15, -0.1) is 0 Å². The molecule has 1 fully saturated rings. The molecule has 8 nitrogen and oxygen atoms in total. The van der Waals surface area contributed by atoms with Crippen LogP contribution in [0.5, 0.6) is 5.75 Å². The van der Waals surface area contributed by atoms with Crippen LogP contribution in [-0.4, -0.2) is 33.9 Å². The summed E-state index contributed by atoms with van der Waals surface area (Å²) in [6.45, 7) is 0.295. The highest BCUT2D eigenvalue weighted by atomic mass is 19.1. The van der Waals surface area contributed by atoms with Crippen molar-refractivity contribution in [2.24, 2.45) is 5.92 Å². The molecule has 9 heteroatoms. The van der Waals surface area contributed by atoms with E-state index in [-0.39, 0.29) is 12.2 Å². The lowest BCUT2D eigenvalue weighted by molar-refractivity contribution is 0.0942. The van der Waals surface area contributed by atoms with Gasteiger partial charge in [0.25, 0.3) is 11.5 Å². The molecule has 0 unspecified atom stereocenters. The van der Waals surface area contributed by atoms with Crippen LogP contribution in [0.3, 0.4) is 0 Å². The lowest BCUT2D eigenvalue weighted by Gasteiger charge is -2.13. The Morgan fingerprint density at radius 2 is 1.97 bits per heavy atom. The van der Waals surface area contributed by atoms with E-state index in [2.05, 4.69) is 10.4 Å². The SMILES string of the molecule is COc1cccc(Cn2c(=O)c(C(=O)NCC3CC3)nn(-c3ccccc3F)c2=O)c1. The van der Waals surface area contributed by atoms with Gasteiger partial charge in [-0.3, -0.25) is 14.2 Å². The summed E-state index contributed by atoms with van der Waals surface area (Å²) in [5.74, 6) is -0.453. The minimum Gasteiger partial charge on any atom is -0.497 e. The first-order chi connectivity index (χ1) is 15.0. The second kappa shape index (κ2) is 8.55. The van der Waals surface area contributed by atoms with Crippen molar-refractivity contribution in [2.45, 2.75) is 19.4 Å². The third-order valence-corrected chi connectivity index (χ3v) is 5.08. The number of benzene rings is 2. The van der Waals surface area contributed by atoms with E-state index in [9.17, 15) is 18.8 Å². The standard InChI is InChI=1S/C22H21FN4O4/c1-31-16-6-4-5-15(11-16)13-26-21(29)19(20(28)24-12-14-9-10-14)25-27(22(26)30)18-8-3-2-7-17(18)23/h2-8,11,14H,9-10,12-13H2,1H3,(H,24,28). The Morgan fingerprint density at radius 3 is 2.68 bits per heavy atom. The quantitative estimate of drug-likeness (QED) is 0.623. The molecule has 1 saturated carbocycles. The van der Waals surface area contributed by atoms with Crippen molar-refractivity contribution in [3.63, 3.8) is 0 Å². The summed E-state index contributed by atoms with van der Waals surface area (Å²) in [7, 11) is 1.51. The summed E-state index contributed by atoms with van der Waals surface area (Å²) in [5.41, 5.74) is -1.70. The number of carbonyl (C=O) groups is 1. The Hall–Kier alpha value is -3.75. The summed E-state index contributed by atoms with van der Waals surface area (Å²) in [4.78, 5) is 38.8. The van der Waals surface area contributed by atoms with Gasteiger partial charge in [0.05, 0.1) is 13.7 Å². The summed E-state index contributed by atoms with van der Waals surface area (Å²) >= 11 is 0. The molecule has 4 rings (SSSR count). The number of nitrogens with one attached hydrogen (secondary N) is 1. The fourth-order valence-corrected chi connectivity index (χ4v) is 3.17. The van der Waals surface area contributed by atoms with Gasteiger partial charge in [-0.1, -0.05) is 24.3 Å². The van der Waals surface area contributed by atoms with E-state index >= 15 is 0 Å². The van der Waals surface area contributed by atoms with Crippen LogP contribution in [0.4, 0.5) is 4.39 Å². The van der Waals surface area contributed by atoms with Crippen LogP contribution in [0.15, 0.2) is 58.1 Å². The Bertz CT molecular complexity index is 1250. The number of carbonyl (C=O) groups excluding carboxylic acids is 1. The van der Waals surface area contributed by atoms with Gasteiger partial charge in [0.15, 0.2) is 0 Å². The van der Waals surface area contributed by atoms with Crippen LogP contribution in [0.2, 0.25) is 0 Å². The normalized spacial score (nSPS) is 13.1. The number of halogens is 1. The van der Waals surface area contributed by atoms with Crippen LogP contribution >= 0.6 is 0 Å². The Labute approximate surface area is 176 Å². The summed E-state index contributed by atoms with van der Waals surface area (Å²) in [5, 5.41) is 6.61. The molecule has 1 aromatic heterocycles. The Balaban J connectivity index is 1.83. The van der Waals surface area contributed by atoms with E-state index in [1.54, 1.807) is 24.3 Å². The van der Waals surface area contributed by atoms with E-state index in [4.69, 9.17) is 4.74 Å². The molecule has 0 spiro atoms. The highest BCUT2D eigenvalue weighted by Gasteiger charge is 2.25. The number of methoxy groups -OCH3 is 1. The highest BCUT2D eigenvalue weighted by Crippen LogP contribution is 2.27. The van der Waals surface area contributed by atoms with Crippen LogP contribution < -0.4 is 21.3 Å². The van der Waals surface area contributed by atoms with Gasteiger partial charge >= 0.3 is 5.69 Å². The molecule has 3 aromatic rings. The minimum atomic E-state index is -0.850. The zero-order chi connectivity index (χ0) is 22.0. The molecule has 1 aliphatic carbocycles. The first kappa shape index (κ1) is 20.5. The van der Waals surface area contributed by atoms with Gasteiger partial charge in [-0.05, 0) is 48.6 Å². The van der Waals surface area contributed by atoms with Gasteiger partial charge < -0.3 is 10.1 Å². The average molecular weight is 424 g/mol. The number of amides is 1. The Morgan fingerprint density at radius 1 is 1.19 bits per heavy atom. The second-order valence-electron chi connectivity index (χ2n) is 7.39. The van der Waals surface area contributed by atoms with Crippen LogP contribution in [-0.2, 0) is 6.54 Å². The molecular formula is C22H21FN4O4. The molecular weight excluding hydrogens is 403 g/mol. The number of nitrogens with zero attached hydrogens (tertiary/aromatic N) is 3. The van der Waals surface area contributed by atoms with Crippen molar-refractivity contribution < 1.29 is 13.9 Å². The van der Waals surface area contributed by atoms with E-state index in [1.165, 1.54) is 31.4 Å². The average Bonchev–Trinajstić information content (AvgIpc) is 3.60. The molecule has 0 radical (unpaired) electrons. The molecule has 1 heterocycles. The fourth-order valence-electron chi connectivity index (χ4n) is 3.17. The van der Waals surface area contributed by atoms with Crippen LogP contribution in [0, 0.1) is 11.7 Å². The molecule has 160 valence electrons. The third kappa shape index (κ3) is 4.40. The summed E-state index contributed by atoms with van der Waals surface area (Å²) < 4.78 is 21.2. The molecule has 0 saturated heterocycles. The minimum absolute atomic E-state index is 0.130. The molecule has 1 aliphatic rings. The zero-order valence-corrected chi connectivity index (χ0v) is 16.9. The number of rotatable bonds is 7. The molecule has 1 amide bonds. The van der Waals surface area contributed by atoms with E-state index in [1.807, 2.05) is 0 Å². The predicted octanol–water partition coefficient (Wildman–Crippen LogP) is 1.73. The van der Waals surface area contributed by atoms with Gasteiger partial charge in [0.2, 0.25) is 5.69 Å².